The van der Waals surface area contributed by atoms with Crippen LogP contribution in [0.15, 0.2) is 18.2 Å². The molecule has 0 aromatic heterocycles. The molecule has 1 unspecified atom stereocenters. The molecule has 0 bridgehead atoms. The summed E-state index contributed by atoms with van der Waals surface area (Å²) in [6.07, 6.45) is 0.630. The second-order valence-corrected chi connectivity index (χ2v) is 8.19. The van der Waals surface area contributed by atoms with Crippen LogP contribution >= 0.6 is 34.8 Å². The molecule has 0 spiro atoms. The molecule has 0 aliphatic carbocycles. The van der Waals surface area contributed by atoms with Gasteiger partial charge in [0.1, 0.15) is 12.4 Å². The van der Waals surface area contributed by atoms with Crippen molar-refractivity contribution in [3.63, 3.8) is 0 Å². The number of amides is 2. The number of nitrogens with zero attached hydrogens (tertiary/aromatic N) is 1. The molecular formula is C16H19Cl3N2O5. The summed E-state index contributed by atoms with van der Waals surface area (Å²) in [6.45, 7) is -0.0528. The monoisotopic (exact) mass is 424 g/mol. The van der Waals surface area contributed by atoms with Crippen LogP contribution in [0, 0.1) is 0 Å². The van der Waals surface area contributed by atoms with Gasteiger partial charge in [-0.25, -0.2) is 4.79 Å². The number of carbonyl (C=O) groups excluding carboxylic acids is 2. The Bertz CT molecular complexity index is 666. The van der Waals surface area contributed by atoms with Crippen molar-refractivity contribution in [3.8, 4) is 5.75 Å². The lowest BCUT2D eigenvalue weighted by Gasteiger charge is -2.25. The molecule has 26 heavy (non-hydrogen) atoms. The maximum Gasteiger partial charge on any atom is 0.411 e. The molecule has 2 amide bonds. The average molecular weight is 426 g/mol. The molecule has 1 aliphatic rings. The van der Waals surface area contributed by atoms with Crippen molar-refractivity contribution >= 4 is 52.5 Å². The molecule has 1 fully saturated rings. The smallest absolute Gasteiger partial charge is 0.411 e. The Balaban J connectivity index is 2.24. The van der Waals surface area contributed by atoms with E-state index in [9.17, 15) is 14.7 Å². The fourth-order valence-electron chi connectivity index (χ4n) is 2.74. The number of rotatable bonds is 5. The van der Waals surface area contributed by atoms with E-state index in [1.54, 1.807) is 23.1 Å². The van der Waals surface area contributed by atoms with Crippen molar-refractivity contribution in [2.75, 3.05) is 32.2 Å². The number of likely N-dealkylation sites (tertiary alicyclic amines) is 1. The average Bonchev–Trinajstić information content (AvgIpc) is 3.07. The number of ether oxygens (including phenoxy) is 2. The quantitative estimate of drug-likeness (QED) is 0.707. The molecule has 0 radical (unpaired) electrons. The first-order chi connectivity index (χ1) is 12.3. The third-order valence-corrected chi connectivity index (χ3v) is 4.25. The van der Waals surface area contributed by atoms with Gasteiger partial charge in [-0.2, -0.15) is 0 Å². The summed E-state index contributed by atoms with van der Waals surface area (Å²) in [5.41, 5.74) is 0.369. The second kappa shape index (κ2) is 8.99. The van der Waals surface area contributed by atoms with Gasteiger partial charge in [0, 0.05) is 6.54 Å². The Morgan fingerprint density at radius 2 is 2.12 bits per heavy atom. The molecule has 1 aliphatic heterocycles. The number of anilines is 1. The second-order valence-electron chi connectivity index (χ2n) is 5.68. The lowest BCUT2D eigenvalue weighted by Crippen LogP contribution is -2.38. The number of halogens is 3. The number of para-hydroxylation sites is 1. The SMILES string of the molecule is COc1cccc(C(=O)N2CCCC2CO)c1NC(=O)OCC(Cl)(Cl)Cl. The van der Waals surface area contributed by atoms with Gasteiger partial charge in [0.25, 0.3) is 5.91 Å². The van der Waals surface area contributed by atoms with E-state index in [0.717, 1.165) is 12.8 Å². The number of nitrogens with one attached hydrogen (secondary N) is 1. The molecule has 1 aromatic carbocycles. The highest BCUT2D eigenvalue weighted by Crippen LogP contribution is 2.32. The van der Waals surface area contributed by atoms with Crippen LogP contribution in [0.5, 0.6) is 5.75 Å². The molecule has 1 saturated heterocycles. The highest BCUT2D eigenvalue weighted by atomic mass is 35.6. The molecule has 1 atom stereocenters. The number of aliphatic hydroxyl groups is 1. The number of hydrogen-bond donors (Lipinski definition) is 2. The van der Waals surface area contributed by atoms with E-state index in [2.05, 4.69) is 5.32 Å². The fraction of sp³-hybridized carbons (Fsp3) is 0.500. The predicted octanol–water partition coefficient (Wildman–Crippen LogP) is 3.21. The molecule has 7 nitrogen and oxygen atoms in total. The van der Waals surface area contributed by atoms with Crippen LogP contribution in [0.4, 0.5) is 10.5 Å². The Kier molecular flexibility index (Phi) is 7.23. The van der Waals surface area contributed by atoms with Crippen molar-refractivity contribution in [3.05, 3.63) is 23.8 Å². The number of methoxy groups -OCH3 is 1. The third kappa shape index (κ3) is 5.30. The third-order valence-electron chi connectivity index (χ3n) is 3.92. The zero-order valence-electron chi connectivity index (χ0n) is 14.0. The van der Waals surface area contributed by atoms with E-state index in [4.69, 9.17) is 44.3 Å². The summed E-state index contributed by atoms with van der Waals surface area (Å²) in [4.78, 5) is 26.5. The summed E-state index contributed by atoms with van der Waals surface area (Å²) < 4.78 is 8.33. The van der Waals surface area contributed by atoms with Crippen molar-refractivity contribution in [2.45, 2.75) is 22.7 Å². The van der Waals surface area contributed by atoms with Crippen molar-refractivity contribution in [1.82, 2.24) is 4.90 Å². The van der Waals surface area contributed by atoms with E-state index in [1.807, 2.05) is 0 Å². The minimum absolute atomic E-state index is 0.121. The summed E-state index contributed by atoms with van der Waals surface area (Å²) in [7, 11) is 1.41. The molecule has 2 N–H and O–H groups in total. The van der Waals surface area contributed by atoms with Gasteiger partial charge >= 0.3 is 6.09 Å². The largest absolute Gasteiger partial charge is 0.495 e. The molecule has 1 aromatic rings. The zero-order valence-corrected chi connectivity index (χ0v) is 16.3. The summed E-state index contributed by atoms with van der Waals surface area (Å²) >= 11 is 16.7. The van der Waals surface area contributed by atoms with Crippen LogP contribution in [0.3, 0.4) is 0 Å². The summed E-state index contributed by atoms with van der Waals surface area (Å²) in [6, 6.07) is 4.53. The van der Waals surface area contributed by atoms with Crippen LogP contribution in [0.25, 0.3) is 0 Å². The Morgan fingerprint density at radius 3 is 2.73 bits per heavy atom. The molecule has 2 rings (SSSR count). The number of alkyl halides is 3. The van der Waals surface area contributed by atoms with Crippen LogP contribution in [0.1, 0.15) is 23.2 Å². The minimum atomic E-state index is -1.75. The maximum absolute atomic E-state index is 12.9. The van der Waals surface area contributed by atoms with Gasteiger partial charge in [-0.3, -0.25) is 10.1 Å². The van der Waals surface area contributed by atoms with E-state index in [0.29, 0.717) is 6.54 Å². The highest BCUT2D eigenvalue weighted by Gasteiger charge is 2.31. The van der Waals surface area contributed by atoms with Crippen LogP contribution < -0.4 is 10.1 Å². The van der Waals surface area contributed by atoms with Gasteiger partial charge in [0.15, 0.2) is 0 Å². The standard InChI is InChI=1S/C16H19Cl3N2O5/c1-25-12-6-2-5-11(14(23)21-7-3-4-10(21)8-22)13(12)20-15(24)26-9-16(17,18)19/h2,5-6,10,22H,3-4,7-9H2,1H3,(H,20,24). The molecular weight excluding hydrogens is 407 g/mol. The first kappa shape index (κ1) is 20.9. The van der Waals surface area contributed by atoms with E-state index >= 15 is 0 Å². The van der Waals surface area contributed by atoms with Gasteiger partial charge in [-0.15, -0.1) is 0 Å². The van der Waals surface area contributed by atoms with Crippen molar-refractivity contribution in [1.29, 1.82) is 0 Å². The maximum atomic E-state index is 12.9. The van der Waals surface area contributed by atoms with Crippen LogP contribution in [-0.4, -0.2) is 58.7 Å². The Hall–Kier alpha value is -1.41. The van der Waals surface area contributed by atoms with Gasteiger partial charge in [0.05, 0.1) is 31.0 Å². The van der Waals surface area contributed by atoms with Gasteiger partial charge < -0.3 is 19.5 Å². The van der Waals surface area contributed by atoms with E-state index in [1.165, 1.54) is 7.11 Å². The predicted molar refractivity (Wildman–Crippen MR) is 99.4 cm³/mol. The topological polar surface area (TPSA) is 88.1 Å². The molecule has 0 saturated carbocycles. The number of aliphatic hydroxyl groups excluding tert-OH is 1. The number of hydrogen-bond acceptors (Lipinski definition) is 5. The Morgan fingerprint density at radius 1 is 1.38 bits per heavy atom. The van der Waals surface area contributed by atoms with Crippen molar-refractivity contribution in [2.24, 2.45) is 0 Å². The van der Waals surface area contributed by atoms with Crippen LogP contribution in [-0.2, 0) is 4.74 Å². The van der Waals surface area contributed by atoms with Crippen molar-refractivity contribution < 1.29 is 24.2 Å². The summed E-state index contributed by atoms with van der Waals surface area (Å²) in [5, 5.41) is 11.9. The van der Waals surface area contributed by atoms with Crippen LogP contribution in [0.2, 0.25) is 0 Å². The zero-order chi connectivity index (χ0) is 19.3. The highest BCUT2D eigenvalue weighted by molar-refractivity contribution is 6.67. The summed E-state index contributed by atoms with van der Waals surface area (Å²) in [5.74, 6) is -0.0430. The Labute approximate surface area is 166 Å². The van der Waals surface area contributed by atoms with Gasteiger partial charge in [-0.1, -0.05) is 40.9 Å². The minimum Gasteiger partial charge on any atom is -0.495 e. The lowest BCUT2D eigenvalue weighted by molar-refractivity contribution is 0.0678. The molecule has 10 heteroatoms. The normalized spacial score (nSPS) is 17.1. The van der Waals surface area contributed by atoms with E-state index < -0.39 is 16.5 Å². The first-order valence-corrected chi connectivity index (χ1v) is 8.99. The molecule has 1 heterocycles. The number of benzene rings is 1. The number of carbonyl (C=O) groups is 2. The molecule has 144 valence electrons. The van der Waals surface area contributed by atoms with Gasteiger partial charge in [-0.05, 0) is 25.0 Å². The van der Waals surface area contributed by atoms with E-state index in [-0.39, 0.29) is 35.6 Å². The van der Waals surface area contributed by atoms with Gasteiger partial charge in [0.2, 0.25) is 3.79 Å². The lowest BCUT2D eigenvalue weighted by atomic mass is 10.1. The first-order valence-electron chi connectivity index (χ1n) is 7.86. The fourth-order valence-corrected chi connectivity index (χ4v) is 2.91.